The number of fused-ring (bicyclic) bond motifs is 1. The summed E-state index contributed by atoms with van der Waals surface area (Å²) in [5, 5.41) is 3.36. The van der Waals surface area contributed by atoms with Crippen LogP contribution < -0.4 is 5.32 Å². The Morgan fingerprint density at radius 2 is 2.28 bits per heavy atom. The third-order valence-electron chi connectivity index (χ3n) is 4.28. The summed E-state index contributed by atoms with van der Waals surface area (Å²) in [6.07, 6.45) is 5.01. The van der Waals surface area contributed by atoms with Crippen LogP contribution in [0.25, 0.3) is 5.65 Å². The second kappa shape index (κ2) is 7.16. The van der Waals surface area contributed by atoms with Gasteiger partial charge in [-0.3, -0.25) is 0 Å². The molecule has 1 aliphatic rings. The largest absolute Gasteiger partial charge is 0.381 e. The van der Waals surface area contributed by atoms with Gasteiger partial charge in [0.15, 0.2) is 5.82 Å². The number of ether oxygens (including phenoxy) is 2. The van der Waals surface area contributed by atoms with Crippen molar-refractivity contribution in [2.75, 3.05) is 25.6 Å². The summed E-state index contributed by atoms with van der Waals surface area (Å²) in [6.45, 7) is 2.50. The minimum Gasteiger partial charge on any atom is -0.381 e. The predicted octanol–water partition coefficient (Wildman–Crippen LogP) is 2.39. The van der Waals surface area contributed by atoms with Crippen molar-refractivity contribution in [2.24, 2.45) is 0 Å². The monoisotopic (exact) mass is 339 g/mol. The predicted molar refractivity (Wildman–Crippen MR) is 93.4 cm³/mol. The fourth-order valence-electron chi connectivity index (χ4n) is 3.03. The summed E-state index contributed by atoms with van der Waals surface area (Å²) in [5.41, 5.74) is 2.91. The van der Waals surface area contributed by atoms with E-state index < -0.39 is 0 Å². The molecule has 1 aliphatic heterocycles. The van der Waals surface area contributed by atoms with Crippen LogP contribution in [-0.4, -0.2) is 39.7 Å². The van der Waals surface area contributed by atoms with Gasteiger partial charge in [0.2, 0.25) is 0 Å². The molecule has 1 fully saturated rings. The summed E-state index contributed by atoms with van der Waals surface area (Å²) in [4.78, 5) is 13.8. The quantitative estimate of drug-likeness (QED) is 0.743. The number of anilines is 1. The lowest BCUT2D eigenvalue weighted by Gasteiger charge is -2.12. The average molecular weight is 339 g/mol. The number of pyridine rings is 1. The zero-order chi connectivity index (χ0) is 17.1. The number of hydrogen-bond donors (Lipinski definition) is 1. The molecule has 0 spiro atoms. The Labute approximate surface area is 146 Å². The van der Waals surface area contributed by atoms with Crippen molar-refractivity contribution in [3.63, 3.8) is 0 Å². The highest BCUT2D eigenvalue weighted by Crippen LogP contribution is 2.25. The molecule has 0 unspecified atom stereocenters. The normalized spacial score (nSPS) is 17.2. The van der Waals surface area contributed by atoms with Gasteiger partial charge in [-0.05, 0) is 18.6 Å². The first-order chi connectivity index (χ1) is 12.3. The molecule has 0 amide bonds. The van der Waals surface area contributed by atoms with Crippen LogP contribution in [0, 0.1) is 0 Å². The van der Waals surface area contributed by atoms with Crippen molar-refractivity contribution in [3.05, 3.63) is 53.9 Å². The van der Waals surface area contributed by atoms with E-state index in [1.54, 1.807) is 7.11 Å². The molecule has 25 heavy (non-hydrogen) atoms. The Balaban J connectivity index is 1.53. The highest BCUT2D eigenvalue weighted by Gasteiger charge is 2.20. The molecule has 0 aliphatic carbocycles. The zero-order valence-electron chi connectivity index (χ0n) is 14.2. The third-order valence-corrected chi connectivity index (χ3v) is 4.28. The SMILES string of the molecule is COCc1nc(NCc2cn3ccccc3n2)cc([C@@H]2CCOC2)n1. The average Bonchev–Trinajstić information content (AvgIpc) is 3.29. The first-order valence-electron chi connectivity index (χ1n) is 8.43. The molecule has 0 bridgehead atoms. The molecule has 0 saturated carbocycles. The summed E-state index contributed by atoms with van der Waals surface area (Å²) in [6, 6.07) is 7.97. The topological polar surface area (TPSA) is 73.6 Å². The van der Waals surface area contributed by atoms with Crippen molar-refractivity contribution in [2.45, 2.75) is 25.5 Å². The van der Waals surface area contributed by atoms with Gasteiger partial charge < -0.3 is 19.2 Å². The molecule has 4 heterocycles. The van der Waals surface area contributed by atoms with Gasteiger partial charge in [-0.25, -0.2) is 15.0 Å². The smallest absolute Gasteiger partial charge is 0.156 e. The molecule has 4 rings (SSSR count). The van der Waals surface area contributed by atoms with Crippen LogP contribution >= 0.6 is 0 Å². The number of nitrogens with one attached hydrogen (secondary N) is 1. The minimum atomic E-state index is 0.328. The third kappa shape index (κ3) is 3.62. The van der Waals surface area contributed by atoms with E-state index in [2.05, 4.69) is 20.3 Å². The highest BCUT2D eigenvalue weighted by atomic mass is 16.5. The first-order valence-corrected chi connectivity index (χ1v) is 8.43. The molecule has 7 nitrogen and oxygen atoms in total. The number of hydrogen-bond acceptors (Lipinski definition) is 6. The van der Waals surface area contributed by atoms with E-state index in [9.17, 15) is 0 Å². The number of methoxy groups -OCH3 is 1. The maximum Gasteiger partial charge on any atom is 0.156 e. The number of rotatable bonds is 6. The molecule has 0 radical (unpaired) electrons. The van der Waals surface area contributed by atoms with E-state index in [-0.39, 0.29) is 0 Å². The number of aromatic nitrogens is 4. The van der Waals surface area contributed by atoms with Crippen molar-refractivity contribution in [1.82, 2.24) is 19.4 Å². The van der Waals surface area contributed by atoms with Gasteiger partial charge in [-0.2, -0.15) is 0 Å². The molecule has 0 aromatic carbocycles. The Morgan fingerprint density at radius 1 is 1.32 bits per heavy atom. The summed E-state index contributed by atoms with van der Waals surface area (Å²) in [5.74, 6) is 1.81. The molecule has 7 heteroatoms. The van der Waals surface area contributed by atoms with E-state index in [0.29, 0.717) is 24.9 Å². The fraction of sp³-hybridized carbons (Fsp3) is 0.389. The molecular weight excluding hydrogens is 318 g/mol. The van der Waals surface area contributed by atoms with Crippen molar-refractivity contribution in [1.29, 1.82) is 0 Å². The molecular formula is C18H21N5O2. The van der Waals surface area contributed by atoms with E-state index in [4.69, 9.17) is 9.47 Å². The molecule has 130 valence electrons. The summed E-state index contributed by atoms with van der Waals surface area (Å²) in [7, 11) is 1.65. The van der Waals surface area contributed by atoms with Gasteiger partial charge in [0.25, 0.3) is 0 Å². The molecule has 1 atom stereocenters. The van der Waals surface area contributed by atoms with E-state index in [0.717, 1.165) is 42.5 Å². The van der Waals surface area contributed by atoms with Crippen LogP contribution in [0.1, 0.15) is 29.6 Å². The van der Waals surface area contributed by atoms with Gasteiger partial charge in [0, 0.05) is 38.1 Å². The summed E-state index contributed by atoms with van der Waals surface area (Å²) >= 11 is 0. The van der Waals surface area contributed by atoms with Crippen LogP contribution in [0.3, 0.4) is 0 Å². The maximum atomic E-state index is 5.49. The van der Waals surface area contributed by atoms with Crippen LogP contribution in [0.5, 0.6) is 0 Å². The Kier molecular flexibility index (Phi) is 4.58. The van der Waals surface area contributed by atoms with Gasteiger partial charge in [-0.15, -0.1) is 0 Å². The lowest BCUT2D eigenvalue weighted by Crippen LogP contribution is -2.10. The Morgan fingerprint density at radius 3 is 3.08 bits per heavy atom. The first kappa shape index (κ1) is 16.0. The standard InChI is InChI=1S/C18H21N5O2/c1-24-12-17-21-15(13-5-7-25-11-13)8-16(22-17)19-9-14-10-23-6-3-2-4-18(23)20-14/h2-4,6,8,10,13H,5,7,9,11-12H2,1H3,(H,19,21,22)/t13-/m1/s1. The lowest BCUT2D eigenvalue weighted by atomic mass is 10.0. The second-order valence-corrected chi connectivity index (χ2v) is 6.14. The highest BCUT2D eigenvalue weighted by molar-refractivity contribution is 5.42. The van der Waals surface area contributed by atoms with Crippen molar-refractivity contribution in [3.8, 4) is 0 Å². The maximum absolute atomic E-state index is 5.49. The van der Waals surface area contributed by atoms with Gasteiger partial charge in [0.05, 0.1) is 24.5 Å². The van der Waals surface area contributed by atoms with E-state index in [1.807, 2.05) is 41.1 Å². The van der Waals surface area contributed by atoms with Crippen LogP contribution in [-0.2, 0) is 22.6 Å². The summed E-state index contributed by atoms with van der Waals surface area (Å²) < 4.78 is 12.7. The van der Waals surface area contributed by atoms with Gasteiger partial charge in [-0.1, -0.05) is 6.07 Å². The second-order valence-electron chi connectivity index (χ2n) is 6.14. The zero-order valence-corrected chi connectivity index (χ0v) is 14.2. The molecule has 1 N–H and O–H groups in total. The Hall–Kier alpha value is -2.51. The van der Waals surface area contributed by atoms with Crippen LogP contribution in [0.15, 0.2) is 36.7 Å². The van der Waals surface area contributed by atoms with Gasteiger partial charge >= 0.3 is 0 Å². The molecule has 3 aromatic heterocycles. The number of imidazole rings is 1. The Bertz CT molecular complexity index is 825. The van der Waals surface area contributed by atoms with Crippen molar-refractivity contribution >= 4 is 11.5 Å². The molecule has 3 aromatic rings. The minimum absolute atomic E-state index is 0.328. The van der Waals surface area contributed by atoms with E-state index in [1.165, 1.54) is 0 Å². The van der Waals surface area contributed by atoms with Crippen LogP contribution in [0.4, 0.5) is 5.82 Å². The lowest BCUT2D eigenvalue weighted by molar-refractivity contribution is 0.177. The fourth-order valence-corrected chi connectivity index (χ4v) is 3.03. The van der Waals surface area contributed by atoms with Crippen LogP contribution in [0.2, 0.25) is 0 Å². The van der Waals surface area contributed by atoms with E-state index >= 15 is 0 Å². The van der Waals surface area contributed by atoms with Gasteiger partial charge in [0.1, 0.15) is 18.1 Å². The molecule has 1 saturated heterocycles. The van der Waals surface area contributed by atoms with Crippen molar-refractivity contribution < 1.29 is 9.47 Å². The number of nitrogens with zero attached hydrogens (tertiary/aromatic N) is 4.